The Labute approximate surface area is 185 Å². The van der Waals surface area contributed by atoms with Gasteiger partial charge in [-0.1, -0.05) is 12.1 Å². The number of hydrogen-bond donors (Lipinski definition) is 0. The molecule has 1 aromatic carbocycles. The van der Waals surface area contributed by atoms with Gasteiger partial charge in [0.15, 0.2) is 0 Å². The Morgan fingerprint density at radius 1 is 1.13 bits per heavy atom. The number of pyridine rings is 1. The third-order valence-electron chi connectivity index (χ3n) is 6.24. The van der Waals surface area contributed by atoms with Gasteiger partial charge in [-0.05, 0) is 68.4 Å². The highest BCUT2D eigenvalue weighted by atomic mass is 32.1. The number of carbonyl (C=O) groups is 1. The van der Waals surface area contributed by atoms with E-state index in [1.54, 1.807) is 12.1 Å². The van der Waals surface area contributed by atoms with Crippen molar-refractivity contribution in [3.05, 3.63) is 64.9 Å². The summed E-state index contributed by atoms with van der Waals surface area (Å²) in [5.41, 5.74) is 2.84. The van der Waals surface area contributed by atoms with Crippen molar-refractivity contribution in [1.29, 1.82) is 0 Å². The standard InChI is InChI=1S/C24H25FN4OS/c1-27(2)20-10-11-28(15-20)22-8-7-19(14-26-22)29-12-9-17-13-21(31-23(17)24(29)30)16-3-5-18(25)6-4-16/h3-8,13-14,20H,9-12,15H2,1-2H3/t20-/m1/s1. The Hall–Kier alpha value is -2.77. The van der Waals surface area contributed by atoms with Crippen LogP contribution < -0.4 is 9.80 Å². The second-order valence-electron chi connectivity index (χ2n) is 8.41. The van der Waals surface area contributed by atoms with Crippen LogP contribution in [0.5, 0.6) is 0 Å². The predicted molar refractivity (Wildman–Crippen MR) is 124 cm³/mol. The summed E-state index contributed by atoms with van der Waals surface area (Å²) in [6.45, 7) is 2.62. The van der Waals surface area contributed by atoms with Crippen LogP contribution in [-0.4, -0.2) is 55.6 Å². The van der Waals surface area contributed by atoms with Crippen molar-refractivity contribution in [1.82, 2.24) is 9.88 Å². The minimum Gasteiger partial charge on any atom is -0.355 e. The van der Waals surface area contributed by atoms with Gasteiger partial charge in [0.1, 0.15) is 11.6 Å². The molecule has 1 saturated heterocycles. The van der Waals surface area contributed by atoms with Crippen molar-refractivity contribution in [2.45, 2.75) is 18.9 Å². The van der Waals surface area contributed by atoms with E-state index >= 15 is 0 Å². The predicted octanol–water partition coefficient (Wildman–Crippen LogP) is 4.29. The van der Waals surface area contributed by atoms with E-state index in [-0.39, 0.29) is 11.7 Å². The van der Waals surface area contributed by atoms with E-state index in [1.807, 2.05) is 23.2 Å². The number of carbonyl (C=O) groups excluding carboxylic acids is 1. The summed E-state index contributed by atoms with van der Waals surface area (Å²) >= 11 is 1.48. The third kappa shape index (κ3) is 3.83. The fraction of sp³-hybridized carbons (Fsp3) is 0.333. The first-order valence-electron chi connectivity index (χ1n) is 10.6. The number of fused-ring (bicyclic) bond motifs is 1. The van der Waals surface area contributed by atoms with Crippen LogP contribution in [0, 0.1) is 5.82 Å². The molecule has 0 aliphatic carbocycles. The highest BCUT2D eigenvalue weighted by Crippen LogP contribution is 2.36. The third-order valence-corrected chi connectivity index (χ3v) is 7.46. The molecule has 1 amide bonds. The lowest BCUT2D eigenvalue weighted by Crippen LogP contribution is -2.36. The second kappa shape index (κ2) is 8.05. The van der Waals surface area contributed by atoms with Crippen LogP contribution in [-0.2, 0) is 6.42 Å². The first-order chi connectivity index (χ1) is 15.0. The molecular formula is C24H25FN4OS. The van der Waals surface area contributed by atoms with E-state index in [0.717, 1.165) is 58.3 Å². The lowest BCUT2D eigenvalue weighted by Gasteiger charge is -2.27. The van der Waals surface area contributed by atoms with Crippen molar-refractivity contribution in [3.63, 3.8) is 0 Å². The van der Waals surface area contributed by atoms with Crippen LogP contribution in [0.4, 0.5) is 15.9 Å². The lowest BCUT2D eigenvalue weighted by molar-refractivity contribution is 0.0985. The second-order valence-corrected chi connectivity index (χ2v) is 9.46. The summed E-state index contributed by atoms with van der Waals surface area (Å²) in [4.78, 5) is 26.0. The number of nitrogens with zero attached hydrogens (tertiary/aromatic N) is 4. The molecule has 2 aliphatic rings. The average molecular weight is 437 g/mol. The highest BCUT2D eigenvalue weighted by Gasteiger charge is 2.29. The maximum Gasteiger partial charge on any atom is 0.268 e. The monoisotopic (exact) mass is 436 g/mol. The van der Waals surface area contributed by atoms with Gasteiger partial charge in [-0.3, -0.25) is 4.79 Å². The summed E-state index contributed by atoms with van der Waals surface area (Å²) in [6, 6.07) is 13.1. The Kier molecular flexibility index (Phi) is 5.24. The van der Waals surface area contributed by atoms with E-state index in [4.69, 9.17) is 0 Å². The van der Waals surface area contributed by atoms with Crippen molar-refractivity contribution < 1.29 is 9.18 Å². The van der Waals surface area contributed by atoms with Gasteiger partial charge in [0, 0.05) is 30.6 Å². The average Bonchev–Trinajstić information content (AvgIpc) is 3.43. The van der Waals surface area contributed by atoms with Crippen LogP contribution in [0.2, 0.25) is 0 Å². The van der Waals surface area contributed by atoms with Crippen molar-refractivity contribution >= 4 is 28.7 Å². The zero-order valence-electron chi connectivity index (χ0n) is 17.7. The summed E-state index contributed by atoms with van der Waals surface area (Å²) in [5.74, 6) is 0.727. The van der Waals surface area contributed by atoms with Gasteiger partial charge in [-0.15, -0.1) is 11.3 Å². The Balaban J connectivity index is 1.34. The van der Waals surface area contributed by atoms with Gasteiger partial charge >= 0.3 is 0 Å². The zero-order chi connectivity index (χ0) is 21.5. The number of rotatable bonds is 4. The number of likely N-dealkylation sites (N-methyl/N-ethyl adjacent to an activating group) is 1. The maximum absolute atomic E-state index is 13.2. The van der Waals surface area contributed by atoms with Gasteiger partial charge in [-0.2, -0.15) is 0 Å². The molecule has 5 rings (SSSR count). The van der Waals surface area contributed by atoms with Crippen LogP contribution in [0.1, 0.15) is 21.7 Å². The van der Waals surface area contributed by atoms with Gasteiger partial charge in [0.05, 0.1) is 16.8 Å². The molecule has 0 radical (unpaired) electrons. The summed E-state index contributed by atoms with van der Waals surface area (Å²) < 4.78 is 13.2. The van der Waals surface area contributed by atoms with Crippen LogP contribution >= 0.6 is 11.3 Å². The molecule has 5 nitrogen and oxygen atoms in total. The molecule has 31 heavy (non-hydrogen) atoms. The number of hydrogen-bond acceptors (Lipinski definition) is 5. The van der Waals surface area contributed by atoms with E-state index in [0.29, 0.717) is 12.6 Å². The lowest BCUT2D eigenvalue weighted by atomic mass is 10.1. The molecule has 2 aliphatic heterocycles. The number of benzene rings is 1. The molecule has 0 N–H and O–H groups in total. The number of thiophene rings is 1. The fourth-order valence-corrected chi connectivity index (χ4v) is 5.52. The normalized spacial score (nSPS) is 18.7. The van der Waals surface area contributed by atoms with E-state index in [1.165, 1.54) is 23.5 Å². The topological polar surface area (TPSA) is 39.7 Å². The van der Waals surface area contributed by atoms with Crippen LogP contribution in [0.25, 0.3) is 10.4 Å². The van der Waals surface area contributed by atoms with Gasteiger partial charge in [0.2, 0.25) is 0 Å². The molecular weight excluding hydrogens is 411 g/mol. The Bertz CT molecular complexity index is 1090. The molecule has 0 saturated carbocycles. The Morgan fingerprint density at radius 3 is 2.61 bits per heavy atom. The first kappa shape index (κ1) is 20.2. The fourth-order valence-electron chi connectivity index (χ4n) is 4.35. The van der Waals surface area contributed by atoms with Crippen LogP contribution in [0.15, 0.2) is 48.7 Å². The molecule has 4 heterocycles. The molecule has 0 spiro atoms. The number of amides is 1. The quantitative estimate of drug-likeness (QED) is 0.612. The maximum atomic E-state index is 13.2. The van der Waals surface area contributed by atoms with Gasteiger partial charge in [0.25, 0.3) is 5.91 Å². The van der Waals surface area contributed by atoms with Gasteiger partial charge in [-0.25, -0.2) is 9.37 Å². The summed E-state index contributed by atoms with van der Waals surface area (Å²) in [6.07, 6.45) is 3.76. The molecule has 0 bridgehead atoms. The summed E-state index contributed by atoms with van der Waals surface area (Å²) in [5, 5.41) is 0. The first-order valence-corrected chi connectivity index (χ1v) is 11.4. The number of halogens is 1. The van der Waals surface area contributed by atoms with E-state index < -0.39 is 0 Å². The largest absolute Gasteiger partial charge is 0.355 e. The van der Waals surface area contributed by atoms with Crippen molar-refractivity contribution in [2.24, 2.45) is 0 Å². The minimum absolute atomic E-state index is 0.0167. The molecule has 1 atom stereocenters. The molecule has 7 heteroatoms. The summed E-state index contributed by atoms with van der Waals surface area (Å²) in [7, 11) is 4.24. The van der Waals surface area contributed by atoms with Crippen molar-refractivity contribution in [2.75, 3.05) is 43.5 Å². The van der Waals surface area contributed by atoms with E-state index in [9.17, 15) is 9.18 Å². The van der Waals surface area contributed by atoms with Crippen LogP contribution in [0.3, 0.4) is 0 Å². The van der Waals surface area contributed by atoms with Gasteiger partial charge < -0.3 is 14.7 Å². The van der Waals surface area contributed by atoms with Crippen molar-refractivity contribution in [3.8, 4) is 10.4 Å². The SMILES string of the molecule is CN(C)[C@@H]1CCN(c2ccc(N3CCc4cc(-c5ccc(F)cc5)sc4C3=O)cn2)C1. The number of anilines is 2. The molecule has 2 aromatic heterocycles. The smallest absolute Gasteiger partial charge is 0.268 e. The molecule has 1 fully saturated rings. The zero-order valence-corrected chi connectivity index (χ0v) is 18.5. The molecule has 160 valence electrons. The molecule has 0 unspecified atom stereocenters. The molecule has 3 aromatic rings. The number of aromatic nitrogens is 1. The minimum atomic E-state index is -0.255. The van der Waals surface area contributed by atoms with E-state index in [2.05, 4.69) is 34.9 Å². The Morgan fingerprint density at radius 2 is 1.94 bits per heavy atom. The highest BCUT2D eigenvalue weighted by molar-refractivity contribution is 7.17.